The molecule has 18 nitrogen and oxygen atoms in total. The molecular formula is C68H150N2O16. The zero-order chi connectivity index (χ0) is 64.0. The average Bonchev–Trinajstić information content (AvgIpc) is 3.48. The Hall–Kier alpha value is -0.720. The molecule has 0 aliphatic heterocycles. The maximum absolute atomic E-state index is 6.03. The van der Waals surface area contributed by atoms with Crippen LogP contribution in [0.5, 0.6) is 0 Å². The Labute approximate surface area is 534 Å². The fourth-order valence-corrected chi connectivity index (χ4v) is 8.49. The summed E-state index contributed by atoms with van der Waals surface area (Å²) >= 11 is 0. The first kappa shape index (κ1) is 96.4. The van der Waals surface area contributed by atoms with E-state index in [-0.39, 0.29) is 151 Å². The number of rotatable bonds is 52. The van der Waals surface area contributed by atoms with Crippen molar-refractivity contribution in [1.29, 1.82) is 0 Å². The third-order valence-electron chi connectivity index (χ3n) is 10.9. The van der Waals surface area contributed by atoms with E-state index in [0.717, 1.165) is 39.3 Å². The molecule has 528 valence electrons. The molecule has 0 amide bonds. The first-order chi connectivity index (χ1) is 38.7. The van der Waals surface area contributed by atoms with Gasteiger partial charge in [-0.15, -0.1) is 0 Å². The molecule has 0 aliphatic carbocycles. The number of nitrogens with zero attached hydrogens (tertiary/aromatic N) is 2. The molecule has 0 fully saturated rings. The Bertz CT molecular complexity index is 1230. The van der Waals surface area contributed by atoms with E-state index in [4.69, 9.17) is 75.8 Å². The third-order valence-corrected chi connectivity index (χ3v) is 10.9. The van der Waals surface area contributed by atoms with E-state index in [9.17, 15) is 0 Å². The summed E-state index contributed by atoms with van der Waals surface area (Å²) in [6.45, 7) is 68.2. The van der Waals surface area contributed by atoms with E-state index >= 15 is 0 Å². The minimum absolute atomic E-state index is 0. The fraction of sp³-hybridized carbons (Fsp3) is 1.00. The predicted octanol–water partition coefficient (Wildman–Crippen LogP) is 13.6. The van der Waals surface area contributed by atoms with Gasteiger partial charge in [-0.3, -0.25) is 9.80 Å². The van der Waals surface area contributed by atoms with Crippen LogP contribution in [0.25, 0.3) is 0 Å². The van der Waals surface area contributed by atoms with Crippen LogP contribution >= 0.6 is 0 Å². The van der Waals surface area contributed by atoms with Crippen LogP contribution in [-0.4, -0.2) is 244 Å². The molecule has 0 saturated carbocycles. The van der Waals surface area contributed by atoms with Crippen LogP contribution in [0.3, 0.4) is 0 Å². The van der Waals surface area contributed by atoms with E-state index in [1.165, 1.54) is 0 Å². The quantitative estimate of drug-likeness (QED) is 0.0418. The molecule has 0 rings (SSSR count). The molecule has 8 atom stereocenters. The highest BCUT2D eigenvalue weighted by Crippen LogP contribution is 2.11. The second-order valence-electron chi connectivity index (χ2n) is 25.3. The molecule has 0 aromatic carbocycles. The summed E-state index contributed by atoms with van der Waals surface area (Å²) in [5, 5.41) is 0. The molecule has 0 N–H and O–H groups in total. The van der Waals surface area contributed by atoms with Crippen LogP contribution in [0.15, 0.2) is 0 Å². The van der Waals surface area contributed by atoms with Gasteiger partial charge in [0.15, 0.2) is 0 Å². The highest BCUT2D eigenvalue weighted by molar-refractivity contribution is 4.74. The van der Waals surface area contributed by atoms with Gasteiger partial charge in [-0.05, 0) is 194 Å². The minimum atomic E-state index is -0.0991. The Balaban J connectivity index is -0.000000277. The first-order valence-corrected chi connectivity index (χ1v) is 32.1. The largest absolute Gasteiger partial charge is 0.376 e. The van der Waals surface area contributed by atoms with Gasteiger partial charge in [0.25, 0.3) is 0 Å². The van der Waals surface area contributed by atoms with Crippen molar-refractivity contribution in [3.63, 3.8) is 0 Å². The van der Waals surface area contributed by atoms with Crippen molar-refractivity contribution in [3.05, 3.63) is 0 Å². The van der Waals surface area contributed by atoms with Crippen molar-refractivity contribution in [2.45, 2.75) is 338 Å². The molecule has 0 radical (unpaired) electrons. The molecule has 0 aromatic rings. The van der Waals surface area contributed by atoms with Gasteiger partial charge in [0.05, 0.1) is 164 Å². The lowest BCUT2D eigenvalue weighted by Gasteiger charge is -2.34. The zero-order valence-corrected chi connectivity index (χ0v) is 59.0. The van der Waals surface area contributed by atoms with Gasteiger partial charge in [-0.2, -0.15) is 0 Å². The second kappa shape index (κ2) is 60.5. The molecule has 0 aliphatic rings. The van der Waals surface area contributed by atoms with Crippen molar-refractivity contribution in [2.75, 3.05) is 112 Å². The van der Waals surface area contributed by atoms with Crippen LogP contribution in [-0.2, 0) is 75.8 Å². The molecular weight excluding hydrogens is 1100 g/mol. The van der Waals surface area contributed by atoms with Crippen molar-refractivity contribution in [3.8, 4) is 0 Å². The maximum atomic E-state index is 6.03. The van der Waals surface area contributed by atoms with E-state index < -0.39 is 0 Å². The normalized spacial score (nSPS) is 15.0. The summed E-state index contributed by atoms with van der Waals surface area (Å²) < 4.78 is 92.4. The third kappa shape index (κ3) is 70.7. The Morgan fingerprint density at radius 2 is 0.407 bits per heavy atom. The molecule has 0 spiro atoms. The van der Waals surface area contributed by atoms with Crippen LogP contribution in [0.2, 0.25) is 0 Å². The summed E-state index contributed by atoms with van der Waals surface area (Å²) in [7, 11) is 0. The second-order valence-corrected chi connectivity index (χ2v) is 25.3. The van der Waals surface area contributed by atoms with Crippen LogP contribution < -0.4 is 0 Å². The number of hydrogen-bond acceptors (Lipinski definition) is 18. The molecule has 0 saturated heterocycles. The maximum Gasteiger partial charge on any atom is 0.146 e. The van der Waals surface area contributed by atoms with Crippen molar-refractivity contribution >= 4 is 0 Å². The lowest BCUT2D eigenvalue weighted by Crippen LogP contribution is -2.46. The molecule has 0 heterocycles. The van der Waals surface area contributed by atoms with Gasteiger partial charge in [-0.1, -0.05) is 22.3 Å². The fourth-order valence-electron chi connectivity index (χ4n) is 8.49. The van der Waals surface area contributed by atoms with Gasteiger partial charge in [0, 0.05) is 39.3 Å². The predicted molar refractivity (Wildman–Crippen MR) is 359 cm³/mol. The standard InChI is InChI=1S/C26H56N2O4.C20H42O6.C19H40O6.3CH4/c1-19(2)29-23(9)15-27(16-24(10)30-20(3)4)13-14-28(17-25(11)31-21(5)6)18-26(12)32-22(7)8;1-15(2)23-13-19(25-17(5)6)11-21-9-10-22-12-20(26-18(7)8)14-24-16(3)4;1-14(2)22-11-18(24-16(5)6)9-20-13-21-10-19(25-17(7)8)12-23-15(3)4;;;/h19-26H,13-18H2,1-12H3;15-20H,9-14H2,1-8H3;14-19H,9-13H2,1-8H3;3*1H4. The molecule has 8 unspecified atom stereocenters. The van der Waals surface area contributed by atoms with Crippen molar-refractivity contribution in [1.82, 2.24) is 9.80 Å². The van der Waals surface area contributed by atoms with E-state index in [0.29, 0.717) is 66.1 Å². The monoisotopic (exact) mass is 1250 g/mol. The van der Waals surface area contributed by atoms with E-state index in [1.807, 2.05) is 111 Å². The molecule has 86 heavy (non-hydrogen) atoms. The van der Waals surface area contributed by atoms with E-state index in [1.54, 1.807) is 0 Å². The van der Waals surface area contributed by atoms with Crippen LogP contribution in [0.1, 0.15) is 216 Å². The Kier molecular flexibility index (Phi) is 67.8. The van der Waals surface area contributed by atoms with Crippen molar-refractivity contribution < 1.29 is 75.8 Å². The highest BCUT2D eigenvalue weighted by Gasteiger charge is 2.22. The Morgan fingerprint density at radius 3 is 0.581 bits per heavy atom. The van der Waals surface area contributed by atoms with Gasteiger partial charge in [0.1, 0.15) is 31.2 Å². The summed E-state index contributed by atoms with van der Waals surface area (Å²) in [5.74, 6) is 0. The van der Waals surface area contributed by atoms with Gasteiger partial charge in [-0.25, -0.2) is 0 Å². The topological polar surface area (TPSA) is 154 Å². The van der Waals surface area contributed by atoms with Gasteiger partial charge in [0.2, 0.25) is 0 Å². The van der Waals surface area contributed by atoms with Crippen molar-refractivity contribution in [2.24, 2.45) is 0 Å². The lowest BCUT2D eigenvalue weighted by molar-refractivity contribution is -0.148. The Morgan fingerprint density at radius 1 is 0.221 bits per heavy atom. The summed E-state index contributed by atoms with van der Waals surface area (Å²) in [5.41, 5.74) is 0. The summed E-state index contributed by atoms with van der Waals surface area (Å²) in [6.07, 6.45) is 2.58. The zero-order valence-electron chi connectivity index (χ0n) is 59.0. The molecule has 18 heteroatoms. The number of hydrogen-bond donors (Lipinski definition) is 0. The lowest BCUT2D eigenvalue weighted by atomic mass is 10.2. The SMILES string of the molecule is C.C.C.CC(C)OC(C)CN(CCN(CC(C)OC(C)C)CC(C)OC(C)C)CC(C)OC(C)C.CC(C)OCC(COCCOCC(COC(C)C)OC(C)C)OC(C)C.CC(C)OCC(COCOCC(COC(C)C)OC(C)C)OC(C)C. The minimum Gasteiger partial charge on any atom is -0.376 e. The average molecular weight is 1250 g/mol. The van der Waals surface area contributed by atoms with Crippen LogP contribution in [0, 0.1) is 0 Å². The summed E-state index contributed by atoms with van der Waals surface area (Å²) in [6, 6.07) is 0. The van der Waals surface area contributed by atoms with Gasteiger partial charge >= 0.3 is 0 Å². The smallest absolute Gasteiger partial charge is 0.146 e. The molecule has 0 bridgehead atoms. The van der Waals surface area contributed by atoms with Gasteiger partial charge < -0.3 is 75.8 Å². The molecule has 0 aromatic heterocycles. The van der Waals surface area contributed by atoms with Crippen LogP contribution in [0.4, 0.5) is 0 Å². The number of ether oxygens (including phenoxy) is 16. The van der Waals surface area contributed by atoms with E-state index in [2.05, 4.69) is 92.9 Å². The first-order valence-electron chi connectivity index (χ1n) is 32.1. The highest BCUT2D eigenvalue weighted by atomic mass is 16.7. The summed E-state index contributed by atoms with van der Waals surface area (Å²) in [4.78, 5) is 4.96.